The van der Waals surface area contributed by atoms with Crippen LogP contribution < -0.4 is 19.9 Å². The van der Waals surface area contributed by atoms with Crippen LogP contribution in [0.5, 0.6) is 11.5 Å². The van der Waals surface area contributed by atoms with Gasteiger partial charge in [-0.3, -0.25) is 4.72 Å². The molecule has 2 rings (SSSR count). The molecule has 7 heteroatoms. The second kappa shape index (κ2) is 5.92. The second-order valence-corrected chi connectivity index (χ2v) is 5.90. The monoisotopic (exact) mass is 308 g/mol. The van der Waals surface area contributed by atoms with E-state index >= 15 is 0 Å². The van der Waals surface area contributed by atoms with E-state index in [9.17, 15) is 8.42 Å². The van der Waals surface area contributed by atoms with Crippen LogP contribution in [-0.4, -0.2) is 22.6 Å². The van der Waals surface area contributed by atoms with Gasteiger partial charge in [0.15, 0.2) is 0 Å². The van der Waals surface area contributed by atoms with Crippen molar-refractivity contribution in [2.24, 2.45) is 0 Å². The molecule has 2 aromatic rings. The number of anilines is 2. The highest BCUT2D eigenvalue weighted by Gasteiger charge is 2.20. The molecule has 0 aliphatic rings. The van der Waals surface area contributed by atoms with Crippen LogP contribution in [0.4, 0.5) is 11.4 Å². The Kier molecular flexibility index (Phi) is 4.23. The predicted octanol–water partition coefficient (Wildman–Crippen LogP) is 2.09. The van der Waals surface area contributed by atoms with Crippen molar-refractivity contribution >= 4 is 21.4 Å². The Morgan fingerprint density at radius 1 is 1.00 bits per heavy atom. The van der Waals surface area contributed by atoms with Gasteiger partial charge in [0.05, 0.1) is 14.2 Å². The number of benzene rings is 2. The molecule has 0 fully saturated rings. The zero-order chi connectivity index (χ0) is 15.5. The molecule has 0 radical (unpaired) electrons. The molecule has 0 heterocycles. The highest BCUT2D eigenvalue weighted by molar-refractivity contribution is 7.92. The van der Waals surface area contributed by atoms with Crippen molar-refractivity contribution < 1.29 is 17.9 Å². The molecule has 112 valence electrons. The molecule has 0 aliphatic heterocycles. The molecule has 2 aromatic carbocycles. The molecule has 0 aliphatic carbocycles. The average Bonchev–Trinajstić information content (AvgIpc) is 2.48. The summed E-state index contributed by atoms with van der Waals surface area (Å²) in [5.41, 5.74) is 6.54. The van der Waals surface area contributed by atoms with Crippen molar-refractivity contribution in [3.8, 4) is 11.5 Å². The summed E-state index contributed by atoms with van der Waals surface area (Å²) in [6.07, 6.45) is 0. The van der Waals surface area contributed by atoms with E-state index in [1.165, 1.54) is 26.4 Å². The molecule has 0 saturated heterocycles. The number of methoxy groups -OCH3 is 2. The molecule has 0 unspecified atom stereocenters. The van der Waals surface area contributed by atoms with Crippen LogP contribution in [-0.2, 0) is 10.0 Å². The SMILES string of the molecule is COc1ccc(S(=O)(=O)Nc2ccc(N)cc2)c(OC)c1. The average molecular weight is 308 g/mol. The number of hydrogen-bond acceptors (Lipinski definition) is 5. The third-order valence-electron chi connectivity index (χ3n) is 2.82. The molecule has 6 nitrogen and oxygen atoms in total. The van der Waals surface area contributed by atoms with E-state index in [0.717, 1.165) is 0 Å². The van der Waals surface area contributed by atoms with E-state index < -0.39 is 10.0 Å². The highest BCUT2D eigenvalue weighted by atomic mass is 32.2. The van der Waals surface area contributed by atoms with Crippen LogP contribution in [0.3, 0.4) is 0 Å². The number of ether oxygens (including phenoxy) is 2. The molecule has 0 aromatic heterocycles. The number of rotatable bonds is 5. The summed E-state index contributed by atoms with van der Waals surface area (Å²) in [6.45, 7) is 0. The van der Waals surface area contributed by atoms with Crippen molar-refractivity contribution in [3.05, 3.63) is 42.5 Å². The number of nitrogen functional groups attached to an aromatic ring is 1. The van der Waals surface area contributed by atoms with Gasteiger partial charge in [-0.1, -0.05) is 0 Å². The molecule has 3 N–H and O–H groups in total. The van der Waals surface area contributed by atoms with E-state index in [4.69, 9.17) is 15.2 Å². The summed E-state index contributed by atoms with van der Waals surface area (Å²) in [4.78, 5) is 0.0302. The summed E-state index contributed by atoms with van der Waals surface area (Å²) in [5.74, 6) is 0.718. The topological polar surface area (TPSA) is 90.7 Å². The fourth-order valence-electron chi connectivity index (χ4n) is 1.76. The van der Waals surface area contributed by atoms with Gasteiger partial charge < -0.3 is 15.2 Å². The van der Waals surface area contributed by atoms with E-state index in [1.807, 2.05) is 0 Å². The molecule has 21 heavy (non-hydrogen) atoms. The standard InChI is InChI=1S/C14H16N2O4S/c1-19-12-7-8-14(13(9-12)20-2)21(17,18)16-11-5-3-10(15)4-6-11/h3-9,16H,15H2,1-2H3. The Morgan fingerprint density at radius 2 is 1.67 bits per heavy atom. The smallest absolute Gasteiger partial charge is 0.265 e. The van der Waals surface area contributed by atoms with Gasteiger partial charge in [-0.2, -0.15) is 0 Å². The van der Waals surface area contributed by atoms with Crippen molar-refractivity contribution in [3.63, 3.8) is 0 Å². The minimum Gasteiger partial charge on any atom is -0.497 e. The number of hydrogen-bond donors (Lipinski definition) is 2. The number of nitrogens with one attached hydrogen (secondary N) is 1. The summed E-state index contributed by atoms with van der Waals surface area (Å²) in [6, 6.07) is 10.9. The van der Waals surface area contributed by atoms with Crippen molar-refractivity contribution in [2.75, 3.05) is 24.7 Å². The van der Waals surface area contributed by atoms with Gasteiger partial charge in [-0.25, -0.2) is 8.42 Å². The Balaban J connectivity index is 2.37. The maximum Gasteiger partial charge on any atom is 0.265 e. The van der Waals surface area contributed by atoms with Crippen LogP contribution >= 0.6 is 0 Å². The quantitative estimate of drug-likeness (QED) is 0.825. The Morgan fingerprint density at radius 3 is 2.24 bits per heavy atom. The lowest BCUT2D eigenvalue weighted by Gasteiger charge is -2.12. The zero-order valence-electron chi connectivity index (χ0n) is 11.7. The summed E-state index contributed by atoms with van der Waals surface area (Å²) >= 11 is 0. The maximum atomic E-state index is 12.4. The highest BCUT2D eigenvalue weighted by Crippen LogP contribution is 2.29. The fourth-order valence-corrected chi connectivity index (χ4v) is 2.97. The van der Waals surface area contributed by atoms with Gasteiger partial charge in [-0.05, 0) is 36.4 Å². The molecule has 0 spiro atoms. The van der Waals surface area contributed by atoms with Gasteiger partial charge in [0.1, 0.15) is 16.4 Å². The van der Waals surface area contributed by atoms with Gasteiger partial charge in [-0.15, -0.1) is 0 Å². The van der Waals surface area contributed by atoms with E-state index in [0.29, 0.717) is 17.1 Å². The van der Waals surface area contributed by atoms with E-state index in [1.54, 1.807) is 30.3 Å². The third kappa shape index (κ3) is 3.38. The van der Waals surface area contributed by atoms with Gasteiger partial charge >= 0.3 is 0 Å². The molecular weight excluding hydrogens is 292 g/mol. The van der Waals surface area contributed by atoms with Crippen LogP contribution in [0.15, 0.2) is 47.4 Å². The Bertz CT molecular complexity index is 727. The van der Waals surface area contributed by atoms with Crippen molar-refractivity contribution in [1.82, 2.24) is 0 Å². The van der Waals surface area contributed by atoms with Gasteiger partial charge in [0, 0.05) is 17.4 Å². The second-order valence-electron chi connectivity index (χ2n) is 4.24. The Labute approximate surface area is 123 Å². The van der Waals surface area contributed by atoms with Gasteiger partial charge in [0.2, 0.25) is 0 Å². The van der Waals surface area contributed by atoms with Crippen molar-refractivity contribution in [2.45, 2.75) is 4.90 Å². The lowest BCUT2D eigenvalue weighted by Crippen LogP contribution is -2.14. The predicted molar refractivity (Wildman–Crippen MR) is 81.2 cm³/mol. The Hall–Kier alpha value is -2.41. The zero-order valence-corrected chi connectivity index (χ0v) is 12.5. The molecular formula is C14H16N2O4S. The first-order valence-corrected chi connectivity index (χ1v) is 7.55. The van der Waals surface area contributed by atoms with Crippen LogP contribution in [0, 0.1) is 0 Å². The molecule has 0 bridgehead atoms. The van der Waals surface area contributed by atoms with Gasteiger partial charge in [0.25, 0.3) is 10.0 Å². The third-order valence-corrected chi connectivity index (χ3v) is 4.24. The first-order chi connectivity index (χ1) is 9.96. The normalized spacial score (nSPS) is 11.0. The molecule has 0 saturated carbocycles. The minimum atomic E-state index is -3.77. The molecule has 0 amide bonds. The lowest BCUT2D eigenvalue weighted by molar-refractivity contribution is 0.386. The summed E-state index contributed by atoms with van der Waals surface area (Å²) in [7, 11) is -0.870. The number of sulfonamides is 1. The maximum absolute atomic E-state index is 12.4. The fraction of sp³-hybridized carbons (Fsp3) is 0.143. The van der Waals surface area contributed by atoms with Crippen LogP contribution in [0.1, 0.15) is 0 Å². The largest absolute Gasteiger partial charge is 0.497 e. The molecule has 0 atom stereocenters. The summed E-state index contributed by atoms with van der Waals surface area (Å²) in [5, 5.41) is 0. The van der Waals surface area contributed by atoms with E-state index in [-0.39, 0.29) is 10.6 Å². The van der Waals surface area contributed by atoms with Crippen molar-refractivity contribution in [1.29, 1.82) is 0 Å². The van der Waals surface area contributed by atoms with Crippen LogP contribution in [0.25, 0.3) is 0 Å². The summed E-state index contributed by atoms with van der Waals surface area (Å²) < 4.78 is 37.4. The van der Waals surface area contributed by atoms with E-state index in [2.05, 4.69) is 4.72 Å². The first-order valence-electron chi connectivity index (χ1n) is 6.06. The number of nitrogens with two attached hydrogens (primary N) is 1. The minimum absolute atomic E-state index is 0.0302. The first kappa shape index (κ1) is 15.0. The lowest BCUT2D eigenvalue weighted by atomic mass is 10.3. The van der Waals surface area contributed by atoms with Crippen LogP contribution in [0.2, 0.25) is 0 Å².